The molecule has 0 bridgehead atoms. The third-order valence-corrected chi connectivity index (χ3v) is 3.78. The molecule has 1 heterocycles. The van der Waals surface area contributed by atoms with Crippen LogP contribution in [0.4, 0.5) is 0 Å². The van der Waals surface area contributed by atoms with Crippen molar-refractivity contribution < 1.29 is 9.53 Å². The number of aromatic nitrogens is 2. The van der Waals surface area contributed by atoms with Crippen molar-refractivity contribution in [2.75, 3.05) is 13.2 Å². The molecule has 0 saturated heterocycles. The number of hydrogen-bond donors (Lipinski definition) is 1. The molecule has 0 aliphatic heterocycles. The predicted octanol–water partition coefficient (Wildman–Crippen LogP) is 1.90. The van der Waals surface area contributed by atoms with Crippen LogP contribution in [0, 0.1) is 12.8 Å². The summed E-state index contributed by atoms with van der Waals surface area (Å²) in [5.41, 5.74) is 0.485. The Balaban J connectivity index is 2.22. The number of nitrogens with zero attached hydrogens (tertiary/aromatic N) is 2. The average Bonchev–Trinajstić information content (AvgIpc) is 3.19. The second kappa shape index (κ2) is 6.39. The van der Waals surface area contributed by atoms with Crippen LogP contribution in [-0.2, 0) is 16.1 Å². The number of esters is 1. The van der Waals surface area contributed by atoms with Gasteiger partial charge in [-0.15, -0.1) is 0 Å². The lowest BCUT2D eigenvalue weighted by atomic mass is 9.92. The fourth-order valence-electron chi connectivity index (χ4n) is 2.63. The Hall–Kier alpha value is -1.36. The highest BCUT2D eigenvalue weighted by Gasteiger charge is 2.52. The number of rotatable bonds is 8. The van der Waals surface area contributed by atoms with Gasteiger partial charge in [0.2, 0.25) is 0 Å². The van der Waals surface area contributed by atoms with Crippen LogP contribution in [0.2, 0.25) is 0 Å². The summed E-state index contributed by atoms with van der Waals surface area (Å²) in [5.74, 6) is 0.224. The number of ether oxygens (including phenoxy) is 1. The number of carbonyl (C=O) groups excluding carboxylic acids is 1. The molecule has 1 fully saturated rings. The lowest BCUT2D eigenvalue weighted by molar-refractivity contribution is -0.153. The van der Waals surface area contributed by atoms with Crippen LogP contribution in [0.3, 0.4) is 0 Å². The molecule has 1 aromatic rings. The van der Waals surface area contributed by atoms with E-state index in [0.717, 1.165) is 31.4 Å². The second-order valence-electron chi connectivity index (χ2n) is 5.61. The molecule has 112 valence electrons. The average molecular weight is 279 g/mol. The SMILES string of the molecule is CCCNC(Cn1cc(C)cn1)(C(=O)OCC)C1CC1. The molecule has 1 atom stereocenters. The lowest BCUT2D eigenvalue weighted by Gasteiger charge is -2.32. The zero-order valence-corrected chi connectivity index (χ0v) is 12.7. The molecule has 0 spiro atoms. The van der Waals surface area contributed by atoms with Gasteiger partial charge in [0.05, 0.1) is 19.3 Å². The van der Waals surface area contributed by atoms with Crippen LogP contribution in [0.1, 0.15) is 38.7 Å². The molecule has 1 aromatic heterocycles. The smallest absolute Gasteiger partial charge is 0.328 e. The zero-order valence-electron chi connectivity index (χ0n) is 12.7. The molecule has 1 aliphatic carbocycles. The minimum absolute atomic E-state index is 0.135. The van der Waals surface area contributed by atoms with Gasteiger partial charge in [0, 0.05) is 6.20 Å². The first-order valence-electron chi connectivity index (χ1n) is 7.53. The Labute approximate surface area is 120 Å². The molecule has 1 unspecified atom stereocenters. The van der Waals surface area contributed by atoms with E-state index in [2.05, 4.69) is 17.3 Å². The molecule has 1 aliphatic rings. The van der Waals surface area contributed by atoms with Gasteiger partial charge >= 0.3 is 5.97 Å². The standard InChI is InChI=1S/C15H25N3O2/c1-4-8-16-15(13-6-7-13,14(19)20-5-2)11-18-10-12(3)9-17-18/h9-10,13,16H,4-8,11H2,1-3H3. The van der Waals surface area contributed by atoms with Crippen molar-refractivity contribution in [1.82, 2.24) is 15.1 Å². The van der Waals surface area contributed by atoms with Crippen molar-refractivity contribution in [2.45, 2.75) is 52.1 Å². The monoisotopic (exact) mass is 279 g/mol. The summed E-state index contributed by atoms with van der Waals surface area (Å²) < 4.78 is 7.20. The minimum Gasteiger partial charge on any atom is -0.465 e. The van der Waals surface area contributed by atoms with Crippen molar-refractivity contribution in [1.29, 1.82) is 0 Å². The molecule has 20 heavy (non-hydrogen) atoms. The Bertz CT molecular complexity index is 454. The van der Waals surface area contributed by atoms with Crippen molar-refractivity contribution in [3.63, 3.8) is 0 Å². The van der Waals surface area contributed by atoms with Crippen LogP contribution >= 0.6 is 0 Å². The normalized spacial score (nSPS) is 17.8. The van der Waals surface area contributed by atoms with Gasteiger partial charge in [0.15, 0.2) is 0 Å². The molecule has 5 heteroatoms. The number of aryl methyl sites for hydroxylation is 1. The maximum absolute atomic E-state index is 12.5. The molecule has 0 radical (unpaired) electrons. The third-order valence-electron chi connectivity index (χ3n) is 3.78. The highest BCUT2D eigenvalue weighted by atomic mass is 16.5. The molecule has 1 saturated carbocycles. The van der Waals surface area contributed by atoms with E-state index in [1.165, 1.54) is 0 Å². The van der Waals surface area contributed by atoms with Crippen LogP contribution in [0.5, 0.6) is 0 Å². The summed E-state index contributed by atoms with van der Waals surface area (Å²) in [7, 11) is 0. The summed E-state index contributed by atoms with van der Waals surface area (Å²) in [5, 5.41) is 7.78. The second-order valence-corrected chi connectivity index (χ2v) is 5.61. The molecular formula is C15H25N3O2. The fourth-order valence-corrected chi connectivity index (χ4v) is 2.63. The van der Waals surface area contributed by atoms with E-state index in [0.29, 0.717) is 19.1 Å². The Morgan fingerprint density at radius 2 is 2.30 bits per heavy atom. The van der Waals surface area contributed by atoms with Crippen LogP contribution < -0.4 is 5.32 Å². The molecule has 0 amide bonds. The third kappa shape index (κ3) is 3.20. The minimum atomic E-state index is -0.621. The van der Waals surface area contributed by atoms with Crippen molar-refractivity contribution in [3.05, 3.63) is 18.0 Å². The highest BCUT2D eigenvalue weighted by molar-refractivity contribution is 5.81. The number of carbonyl (C=O) groups is 1. The Kier molecular flexibility index (Phi) is 4.81. The van der Waals surface area contributed by atoms with E-state index in [1.807, 2.05) is 30.9 Å². The molecule has 2 rings (SSSR count). The van der Waals surface area contributed by atoms with E-state index < -0.39 is 5.54 Å². The molecule has 0 aromatic carbocycles. The highest BCUT2D eigenvalue weighted by Crippen LogP contribution is 2.41. The maximum atomic E-state index is 12.5. The zero-order chi connectivity index (χ0) is 14.6. The van der Waals surface area contributed by atoms with Gasteiger partial charge in [-0.1, -0.05) is 6.92 Å². The maximum Gasteiger partial charge on any atom is 0.328 e. The van der Waals surface area contributed by atoms with E-state index in [4.69, 9.17) is 4.74 Å². The number of nitrogens with one attached hydrogen (secondary N) is 1. The summed E-state index contributed by atoms with van der Waals surface area (Å²) in [6.45, 7) is 7.74. The van der Waals surface area contributed by atoms with Crippen molar-refractivity contribution in [2.24, 2.45) is 5.92 Å². The quantitative estimate of drug-likeness (QED) is 0.738. The van der Waals surface area contributed by atoms with Crippen molar-refractivity contribution in [3.8, 4) is 0 Å². The first-order valence-corrected chi connectivity index (χ1v) is 7.53. The van der Waals surface area contributed by atoms with Crippen molar-refractivity contribution >= 4 is 5.97 Å². The summed E-state index contributed by atoms with van der Waals surface area (Å²) in [6, 6.07) is 0. The largest absolute Gasteiger partial charge is 0.465 e. The predicted molar refractivity (Wildman–Crippen MR) is 77.3 cm³/mol. The van der Waals surface area contributed by atoms with Gasteiger partial charge in [0.25, 0.3) is 0 Å². The lowest BCUT2D eigenvalue weighted by Crippen LogP contribution is -2.58. The van der Waals surface area contributed by atoms with Crippen LogP contribution in [-0.4, -0.2) is 34.4 Å². The summed E-state index contributed by atoms with van der Waals surface area (Å²) >= 11 is 0. The van der Waals surface area contributed by atoms with Gasteiger partial charge in [-0.3, -0.25) is 4.68 Å². The molecule has 1 N–H and O–H groups in total. The van der Waals surface area contributed by atoms with E-state index >= 15 is 0 Å². The number of hydrogen-bond acceptors (Lipinski definition) is 4. The van der Waals surface area contributed by atoms with E-state index in [-0.39, 0.29) is 5.97 Å². The Morgan fingerprint density at radius 3 is 2.80 bits per heavy atom. The topological polar surface area (TPSA) is 56.2 Å². The van der Waals surface area contributed by atoms with Crippen LogP contribution in [0.25, 0.3) is 0 Å². The van der Waals surface area contributed by atoms with E-state index in [1.54, 1.807) is 0 Å². The van der Waals surface area contributed by atoms with Gasteiger partial charge in [-0.25, -0.2) is 4.79 Å². The summed E-state index contributed by atoms with van der Waals surface area (Å²) in [6.07, 6.45) is 6.95. The van der Waals surface area contributed by atoms with Gasteiger partial charge < -0.3 is 10.1 Å². The van der Waals surface area contributed by atoms with Gasteiger partial charge in [-0.2, -0.15) is 5.10 Å². The first-order chi connectivity index (χ1) is 9.62. The fraction of sp³-hybridized carbons (Fsp3) is 0.733. The first kappa shape index (κ1) is 15.0. The van der Waals surface area contributed by atoms with E-state index in [9.17, 15) is 4.79 Å². The van der Waals surface area contributed by atoms with Gasteiger partial charge in [-0.05, 0) is 51.1 Å². The summed E-state index contributed by atoms with van der Waals surface area (Å²) in [4.78, 5) is 12.5. The Morgan fingerprint density at radius 1 is 1.55 bits per heavy atom. The van der Waals surface area contributed by atoms with Gasteiger partial charge in [0.1, 0.15) is 5.54 Å². The molecular weight excluding hydrogens is 254 g/mol. The van der Waals surface area contributed by atoms with Crippen LogP contribution in [0.15, 0.2) is 12.4 Å². The molecule has 5 nitrogen and oxygen atoms in total.